The first-order valence-corrected chi connectivity index (χ1v) is 12.3. The third kappa shape index (κ3) is 4.50. The van der Waals surface area contributed by atoms with Crippen LogP contribution in [-0.4, -0.2) is 23.2 Å². The molecule has 0 saturated carbocycles. The fraction of sp³-hybridized carbons (Fsp3) is 0.207. The zero-order chi connectivity index (χ0) is 25.2. The number of carbonyl (C=O) groups is 1. The van der Waals surface area contributed by atoms with Crippen molar-refractivity contribution >= 4 is 29.0 Å². The molecule has 1 fully saturated rings. The third-order valence-electron chi connectivity index (χ3n) is 6.44. The Bertz CT molecular complexity index is 1370. The van der Waals surface area contributed by atoms with Crippen molar-refractivity contribution in [3.8, 4) is 11.3 Å². The molecule has 7 heteroatoms. The average Bonchev–Trinajstić information content (AvgIpc) is 3.53. The van der Waals surface area contributed by atoms with Crippen LogP contribution >= 0.6 is 12.2 Å². The third-order valence-corrected chi connectivity index (χ3v) is 6.76. The summed E-state index contributed by atoms with van der Waals surface area (Å²) < 4.78 is 11.2. The number of nitrogens with zero attached hydrogens (tertiary/aromatic N) is 2. The molecule has 0 amide bonds. The lowest BCUT2D eigenvalue weighted by molar-refractivity contribution is 0.0600. The maximum atomic E-state index is 11.8. The van der Waals surface area contributed by atoms with Gasteiger partial charge in [-0.15, -0.1) is 0 Å². The number of aromatic nitrogens is 1. The quantitative estimate of drug-likeness (QED) is 0.243. The lowest BCUT2D eigenvalue weighted by Crippen LogP contribution is -2.29. The highest BCUT2D eigenvalue weighted by Gasteiger charge is 2.42. The standard InChI is InChI=1S/C29H27N3O3S/c1-18(2)19-11-13-22(14-12-19)32-27(26(31-29(32)36)23-6-4-5-17-30-23)25-16-15-24(35-25)20-7-9-21(10-8-20)28(33)34-3/h4-18,26-27H,1-3H3,(H,31,36)/t26-,27-/m0/s1. The Kier molecular flexibility index (Phi) is 6.57. The summed E-state index contributed by atoms with van der Waals surface area (Å²) in [5, 5.41) is 4.08. The molecule has 182 valence electrons. The molecule has 1 saturated heterocycles. The molecule has 0 unspecified atom stereocenters. The van der Waals surface area contributed by atoms with Gasteiger partial charge < -0.3 is 19.4 Å². The van der Waals surface area contributed by atoms with Crippen molar-refractivity contribution in [1.82, 2.24) is 10.3 Å². The summed E-state index contributed by atoms with van der Waals surface area (Å²) in [6.45, 7) is 4.36. The molecule has 1 aliphatic rings. The molecule has 36 heavy (non-hydrogen) atoms. The van der Waals surface area contributed by atoms with Crippen LogP contribution in [0.3, 0.4) is 0 Å². The van der Waals surface area contributed by atoms with Gasteiger partial charge in [-0.05, 0) is 72.2 Å². The van der Waals surface area contributed by atoms with E-state index in [0.717, 1.165) is 22.7 Å². The van der Waals surface area contributed by atoms with Gasteiger partial charge in [-0.1, -0.05) is 44.2 Å². The number of pyridine rings is 1. The number of hydrogen-bond donors (Lipinski definition) is 1. The van der Waals surface area contributed by atoms with E-state index >= 15 is 0 Å². The zero-order valence-electron chi connectivity index (χ0n) is 20.3. The van der Waals surface area contributed by atoms with E-state index < -0.39 is 0 Å². The fourth-order valence-electron chi connectivity index (χ4n) is 4.50. The SMILES string of the molecule is COC(=O)c1ccc(-c2ccc([C@H]3[C@H](c4ccccn4)NC(=S)N3c3ccc(C(C)C)cc3)o2)cc1. The van der Waals surface area contributed by atoms with Crippen LogP contribution in [0.25, 0.3) is 11.3 Å². The van der Waals surface area contributed by atoms with Crippen LogP contribution in [0.4, 0.5) is 5.69 Å². The van der Waals surface area contributed by atoms with Gasteiger partial charge in [-0.3, -0.25) is 4.98 Å². The van der Waals surface area contributed by atoms with Gasteiger partial charge in [0.1, 0.15) is 17.6 Å². The van der Waals surface area contributed by atoms with Crippen molar-refractivity contribution in [2.45, 2.75) is 31.8 Å². The number of nitrogens with one attached hydrogen (secondary N) is 1. The summed E-state index contributed by atoms with van der Waals surface area (Å²) in [5.74, 6) is 1.54. The summed E-state index contributed by atoms with van der Waals surface area (Å²) >= 11 is 5.81. The van der Waals surface area contributed by atoms with Crippen molar-refractivity contribution in [2.75, 3.05) is 12.0 Å². The molecule has 3 heterocycles. The smallest absolute Gasteiger partial charge is 0.337 e. The first-order chi connectivity index (χ1) is 17.5. The molecule has 5 rings (SSSR count). The Morgan fingerprint density at radius 1 is 1.03 bits per heavy atom. The van der Waals surface area contributed by atoms with Gasteiger partial charge >= 0.3 is 5.97 Å². The minimum absolute atomic E-state index is 0.191. The van der Waals surface area contributed by atoms with Crippen LogP contribution in [0.5, 0.6) is 0 Å². The number of carbonyl (C=O) groups excluding carboxylic acids is 1. The largest absolute Gasteiger partial charge is 0.465 e. The van der Waals surface area contributed by atoms with Crippen LogP contribution in [0, 0.1) is 0 Å². The van der Waals surface area contributed by atoms with Crippen LogP contribution in [0.2, 0.25) is 0 Å². The molecule has 1 N–H and O–H groups in total. The Hall–Kier alpha value is -3.97. The molecule has 2 atom stereocenters. The fourth-order valence-corrected chi connectivity index (χ4v) is 4.84. The number of rotatable bonds is 6. The predicted octanol–water partition coefficient (Wildman–Crippen LogP) is 6.43. The highest BCUT2D eigenvalue weighted by molar-refractivity contribution is 7.80. The van der Waals surface area contributed by atoms with E-state index in [2.05, 4.69) is 53.3 Å². The lowest BCUT2D eigenvalue weighted by Gasteiger charge is -2.26. The maximum absolute atomic E-state index is 11.8. The van der Waals surface area contributed by atoms with E-state index in [1.165, 1.54) is 12.7 Å². The lowest BCUT2D eigenvalue weighted by atomic mass is 10.0. The second kappa shape index (κ2) is 9.95. The molecule has 0 spiro atoms. The van der Waals surface area contributed by atoms with Crippen LogP contribution in [0.15, 0.2) is 89.5 Å². The Morgan fingerprint density at radius 2 is 1.78 bits per heavy atom. The van der Waals surface area contributed by atoms with Crippen molar-refractivity contribution in [3.63, 3.8) is 0 Å². The molecular weight excluding hydrogens is 470 g/mol. The molecule has 0 bridgehead atoms. The molecule has 4 aromatic rings. The van der Waals surface area contributed by atoms with Gasteiger partial charge in [0.25, 0.3) is 0 Å². The summed E-state index contributed by atoms with van der Waals surface area (Å²) in [6, 6.07) is 25.0. The Morgan fingerprint density at radius 3 is 2.42 bits per heavy atom. The van der Waals surface area contributed by atoms with Crippen molar-refractivity contribution in [1.29, 1.82) is 0 Å². The predicted molar refractivity (Wildman–Crippen MR) is 144 cm³/mol. The van der Waals surface area contributed by atoms with Gasteiger partial charge in [0.05, 0.1) is 24.4 Å². The second-order valence-electron chi connectivity index (χ2n) is 9.01. The Balaban J connectivity index is 1.53. The van der Waals surface area contributed by atoms with Crippen molar-refractivity contribution in [3.05, 3.63) is 108 Å². The molecule has 0 radical (unpaired) electrons. The summed E-state index contributed by atoms with van der Waals surface area (Å²) in [4.78, 5) is 18.5. The van der Waals surface area contributed by atoms with E-state index in [1.54, 1.807) is 18.3 Å². The summed E-state index contributed by atoms with van der Waals surface area (Å²) in [6.07, 6.45) is 1.79. The number of ether oxygens (including phenoxy) is 1. The van der Waals surface area contributed by atoms with Gasteiger partial charge in [0, 0.05) is 17.4 Å². The summed E-state index contributed by atoms with van der Waals surface area (Å²) in [7, 11) is 1.37. The Labute approximate surface area is 215 Å². The van der Waals surface area contributed by atoms with E-state index in [4.69, 9.17) is 21.4 Å². The highest BCUT2D eigenvalue weighted by atomic mass is 32.1. The molecule has 1 aliphatic heterocycles. The number of esters is 1. The molecule has 0 aliphatic carbocycles. The minimum Gasteiger partial charge on any atom is -0.465 e. The average molecular weight is 498 g/mol. The molecule has 2 aromatic heterocycles. The van der Waals surface area contributed by atoms with E-state index in [0.29, 0.717) is 22.4 Å². The van der Waals surface area contributed by atoms with E-state index in [9.17, 15) is 4.79 Å². The highest BCUT2D eigenvalue weighted by Crippen LogP contribution is 2.43. The first kappa shape index (κ1) is 23.8. The molecule has 6 nitrogen and oxygen atoms in total. The number of benzene rings is 2. The monoisotopic (exact) mass is 497 g/mol. The number of anilines is 1. The van der Waals surface area contributed by atoms with Gasteiger partial charge in [-0.25, -0.2) is 4.79 Å². The molecular formula is C29H27N3O3S. The van der Waals surface area contributed by atoms with Crippen LogP contribution in [-0.2, 0) is 4.74 Å². The maximum Gasteiger partial charge on any atom is 0.337 e. The van der Waals surface area contributed by atoms with Gasteiger partial charge in [-0.2, -0.15) is 0 Å². The number of hydrogen-bond acceptors (Lipinski definition) is 5. The van der Waals surface area contributed by atoms with Crippen molar-refractivity contribution in [2.24, 2.45) is 0 Å². The molecule has 2 aromatic carbocycles. The number of furan rings is 1. The van der Waals surface area contributed by atoms with Crippen LogP contribution < -0.4 is 10.2 Å². The van der Waals surface area contributed by atoms with Gasteiger partial charge in [0.2, 0.25) is 0 Å². The van der Waals surface area contributed by atoms with Crippen LogP contribution in [0.1, 0.15) is 59.2 Å². The number of methoxy groups -OCH3 is 1. The zero-order valence-corrected chi connectivity index (χ0v) is 21.2. The first-order valence-electron chi connectivity index (χ1n) is 11.9. The van der Waals surface area contributed by atoms with Gasteiger partial charge in [0.15, 0.2) is 5.11 Å². The van der Waals surface area contributed by atoms with E-state index in [1.807, 2.05) is 42.5 Å². The second-order valence-corrected chi connectivity index (χ2v) is 9.40. The normalized spacial score (nSPS) is 17.3. The number of thiocarbonyl (C=S) groups is 1. The van der Waals surface area contributed by atoms with Crippen molar-refractivity contribution < 1.29 is 13.9 Å². The minimum atomic E-state index is -0.371. The topological polar surface area (TPSA) is 67.6 Å². The summed E-state index contributed by atoms with van der Waals surface area (Å²) in [5.41, 5.74) is 4.49. The van der Waals surface area contributed by atoms with E-state index in [-0.39, 0.29) is 18.1 Å².